The lowest BCUT2D eigenvalue weighted by molar-refractivity contribution is -0.142. The van der Waals surface area contributed by atoms with Gasteiger partial charge >= 0.3 is 11.7 Å². The molecule has 1 aromatic heterocycles. The van der Waals surface area contributed by atoms with Crippen LogP contribution in [0.15, 0.2) is 21.5 Å². The van der Waals surface area contributed by atoms with E-state index in [0.717, 1.165) is 31.3 Å². The van der Waals surface area contributed by atoms with Gasteiger partial charge in [-0.3, -0.25) is 13.9 Å². The van der Waals surface area contributed by atoms with Crippen LogP contribution in [0.5, 0.6) is 0 Å². The molecule has 0 spiro atoms. The highest BCUT2D eigenvalue weighted by molar-refractivity contribution is 5.75. The molecule has 0 aliphatic carbocycles. The molecule has 116 valence electrons. The number of aryl methyl sites for hydroxylation is 1. The van der Waals surface area contributed by atoms with Gasteiger partial charge in [0, 0.05) is 12.5 Å². The number of nitrogens with two attached hydrogens (primary N) is 1. The summed E-state index contributed by atoms with van der Waals surface area (Å²) in [5, 5.41) is 3.82. The Morgan fingerprint density at radius 1 is 1.62 bits per heavy atom. The van der Waals surface area contributed by atoms with Gasteiger partial charge in [-0.2, -0.15) is 0 Å². The minimum atomic E-state index is -0.716. The Morgan fingerprint density at radius 3 is 3.10 bits per heavy atom. The summed E-state index contributed by atoms with van der Waals surface area (Å²) in [4.78, 5) is 23.1. The van der Waals surface area contributed by atoms with E-state index in [1.807, 2.05) is 0 Å². The molecule has 0 aromatic carbocycles. The van der Waals surface area contributed by atoms with E-state index in [2.05, 4.69) is 16.5 Å². The second-order valence-corrected chi connectivity index (χ2v) is 5.42. The number of ether oxygens (including phenoxy) is 1. The first kappa shape index (κ1) is 15.5. The fourth-order valence-electron chi connectivity index (χ4n) is 2.76. The highest BCUT2D eigenvalue weighted by Crippen LogP contribution is 2.27. The fraction of sp³-hybridized carbons (Fsp3) is 0.643. The van der Waals surface area contributed by atoms with Crippen LogP contribution in [0, 0.1) is 0 Å². The highest BCUT2D eigenvalue weighted by Gasteiger charge is 2.24. The molecule has 0 saturated carbocycles. The molecule has 0 radical (unpaired) electrons. The van der Waals surface area contributed by atoms with E-state index in [4.69, 9.17) is 10.3 Å². The number of nitrogens with zero attached hydrogens (tertiary/aromatic N) is 2. The predicted octanol–water partition coefficient (Wildman–Crippen LogP) is 0.940. The molecule has 2 rings (SSSR count). The molecule has 2 heterocycles. The maximum Gasteiger partial charge on any atom is 0.441 e. The summed E-state index contributed by atoms with van der Waals surface area (Å²) in [6.07, 6.45) is 4.54. The van der Waals surface area contributed by atoms with Crippen molar-refractivity contribution in [3.8, 4) is 0 Å². The number of fused-ring (bicyclic) bond motifs is 1. The maximum absolute atomic E-state index is 11.8. The SMILES string of the molecule is C=C(CC(N)C(=O)OC)CC1CCCCc2noc(=O)n21. The van der Waals surface area contributed by atoms with Crippen molar-refractivity contribution in [2.75, 3.05) is 7.11 Å². The van der Waals surface area contributed by atoms with Crippen molar-refractivity contribution in [3.05, 3.63) is 28.5 Å². The lowest BCUT2D eigenvalue weighted by atomic mass is 9.98. The molecule has 1 aliphatic rings. The second-order valence-electron chi connectivity index (χ2n) is 5.42. The molecule has 21 heavy (non-hydrogen) atoms. The van der Waals surface area contributed by atoms with Crippen LogP contribution < -0.4 is 11.5 Å². The summed E-state index contributed by atoms with van der Waals surface area (Å²) in [5.41, 5.74) is 6.55. The molecule has 7 nitrogen and oxygen atoms in total. The van der Waals surface area contributed by atoms with Gasteiger partial charge in [0.2, 0.25) is 0 Å². The van der Waals surface area contributed by atoms with Crippen molar-refractivity contribution in [1.29, 1.82) is 0 Å². The van der Waals surface area contributed by atoms with Crippen LogP contribution in [-0.4, -0.2) is 28.8 Å². The Labute approximate surface area is 122 Å². The predicted molar refractivity (Wildman–Crippen MR) is 75.7 cm³/mol. The third kappa shape index (κ3) is 3.60. The highest BCUT2D eigenvalue weighted by atomic mass is 16.5. The topological polar surface area (TPSA) is 100 Å². The summed E-state index contributed by atoms with van der Waals surface area (Å²) in [6.45, 7) is 3.97. The molecule has 0 fully saturated rings. The van der Waals surface area contributed by atoms with Gasteiger partial charge < -0.3 is 10.5 Å². The first-order chi connectivity index (χ1) is 10.0. The second kappa shape index (κ2) is 6.71. The van der Waals surface area contributed by atoms with E-state index in [1.165, 1.54) is 7.11 Å². The van der Waals surface area contributed by atoms with Gasteiger partial charge in [-0.15, -0.1) is 0 Å². The Hall–Kier alpha value is -1.89. The molecule has 1 aromatic rings. The van der Waals surface area contributed by atoms with Gasteiger partial charge in [-0.25, -0.2) is 4.79 Å². The average Bonchev–Trinajstić information content (AvgIpc) is 2.69. The summed E-state index contributed by atoms with van der Waals surface area (Å²) in [7, 11) is 1.30. The van der Waals surface area contributed by atoms with Crippen LogP contribution in [0.25, 0.3) is 0 Å². The fourth-order valence-corrected chi connectivity index (χ4v) is 2.76. The molecule has 2 unspecified atom stereocenters. The molecule has 2 N–H and O–H groups in total. The third-order valence-electron chi connectivity index (χ3n) is 3.79. The maximum atomic E-state index is 11.8. The molecule has 0 bridgehead atoms. The minimum absolute atomic E-state index is 0.0291. The Kier molecular flexibility index (Phi) is 4.95. The lowest BCUT2D eigenvalue weighted by Crippen LogP contribution is -2.32. The first-order valence-corrected chi connectivity index (χ1v) is 7.10. The van der Waals surface area contributed by atoms with Crippen molar-refractivity contribution >= 4 is 5.97 Å². The average molecular weight is 295 g/mol. The summed E-state index contributed by atoms with van der Waals surface area (Å²) >= 11 is 0. The summed E-state index contributed by atoms with van der Waals surface area (Å²) in [6, 6.07) is -0.745. The number of carbonyl (C=O) groups excluding carboxylic acids is 1. The van der Waals surface area contributed by atoms with Crippen molar-refractivity contribution in [1.82, 2.24) is 9.72 Å². The van der Waals surface area contributed by atoms with Crippen LogP contribution in [0.4, 0.5) is 0 Å². The molecular weight excluding hydrogens is 274 g/mol. The van der Waals surface area contributed by atoms with Gasteiger partial charge in [0.25, 0.3) is 0 Å². The Balaban J connectivity index is 2.05. The van der Waals surface area contributed by atoms with E-state index in [1.54, 1.807) is 4.57 Å². The number of rotatable bonds is 5. The van der Waals surface area contributed by atoms with Crippen LogP contribution in [-0.2, 0) is 16.0 Å². The van der Waals surface area contributed by atoms with E-state index in [-0.39, 0.29) is 6.04 Å². The van der Waals surface area contributed by atoms with E-state index in [0.29, 0.717) is 18.7 Å². The van der Waals surface area contributed by atoms with Gasteiger partial charge in [0.1, 0.15) is 6.04 Å². The van der Waals surface area contributed by atoms with Gasteiger partial charge in [0.05, 0.1) is 7.11 Å². The molecular formula is C14H21N3O4. The Morgan fingerprint density at radius 2 is 2.38 bits per heavy atom. The van der Waals surface area contributed by atoms with Crippen molar-refractivity contribution < 1.29 is 14.1 Å². The van der Waals surface area contributed by atoms with Gasteiger partial charge in [-0.05, 0) is 25.7 Å². The zero-order valence-corrected chi connectivity index (χ0v) is 12.2. The van der Waals surface area contributed by atoms with Crippen LogP contribution >= 0.6 is 0 Å². The number of carbonyl (C=O) groups is 1. The number of aromatic nitrogens is 2. The standard InChI is InChI=1S/C14H21N3O4/c1-9(8-11(15)13(18)20-2)7-10-5-3-4-6-12-16-21-14(19)17(10)12/h10-11H,1,3-8,15H2,2H3. The monoisotopic (exact) mass is 295 g/mol. The Bertz CT molecular complexity index is 575. The first-order valence-electron chi connectivity index (χ1n) is 7.10. The number of hydrogen-bond acceptors (Lipinski definition) is 6. The normalized spacial score (nSPS) is 19.4. The minimum Gasteiger partial charge on any atom is -0.468 e. The van der Waals surface area contributed by atoms with Gasteiger partial charge in [0.15, 0.2) is 5.82 Å². The molecule has 0 amide bonds. The quantitative estimate of drug-likeness (QED) is 0.641. The van der Waals surface area contributed by atoms with Crippen molar-refractivity contribution in [2.24, 2.45) is 5.73 Å². The van der Waals surface area contributed by atoms with Gasteiger partial charge in [-0.1, -0.05) is 23.7 Å². The summed E-state index contributed by atoms with van der Waals surface area (Å²) < 4.78 is 11.0. The van der Waals surface area contributed by atoms with E-state index >= 15 is 0 Å². The molecule has 1 aliphatic heterocycles. The number of esters is 1. The van der Waals surface area contributed by atoms with Crippen LogP contribution in [0.1, 0.15) is 44.0 Å². The largest absolute Gasteiger partial charge is 0.468 e. The third-order valence-corrected chi connectivity index (χ3v) is 3.79. The number of methoxy groups -OCH3 is 1. The van der Waals surface area contributed by atoms with E-state index in [9.17, 15) is 9.59 Å². The van der Waals surface area contributed by atoms with Crippen LogP contribution in [0.3, 0.4) is 0 Å². The molecule has 7 heteroatoms. The van der Waals surface area contributed by atoms with Crippen LogP contribution in [0.2, 0.25) is 0 Å². The smallest absolute Gasteiger partial charge is 0.441 e. The summed E-state index contributed by atoms with van der Waals surface area (Å²) in [5.74, 6) is -0.200. The number of hydrogen-bond donors (Lipinski definition) is 1. The zero-order valence-electron chi connectivity index (χ0n) is 12.2. The van der Waals surface area contributed by atoms with E-state index < -0.39 is 17.8 Å². The molecule has 0 saturated heterocycles. The zero-order chi connectivity index (χ0) is 15.4. The van der Waals surface area contributed by atoms with Crippen molar-refractivity contribution in [2.45, 2.75) is 50.6 Å². The molecule has 2 atom stereocenters. The van der Waals surface area contributed by atoms with Crippen molar-refractivity contribution in [3.63, 3.8) is 0 Å². The lowest BCUT2D eigenvalue weighted by Gasteiger charge is -2.18.